The number of para-hydroxylation sites is 1. The van der Waals surface area contributed by atoms with Crippen molar-refractivity contribution in [3.8, 4) is 0 Å². The number of thiophene rings is 1. The van der Waals surface area contributed by atoms with E-state index in [4.69, 9.17) is 0 Å². The number of hydrogen-bond acceptors (Lipinski definition) is 6. The van der Waals surface area contributed by atoms with Gasteiger partial charge in [0.25, 0.3) is 0 Å². The number of nitrogens with one attached hydrogen (secondary N) is 2. The predicted octanol–water partition coefficient (Wildman–Crippen LogP) is 3.80. The summed E-state index contributed by atoms with van der Waals surface area (Å²) in [6, 6.07) is 13.7. The minimum absolute atomic E-state index is 0.191. The van der Waals surface area contributed by atoms with Gasteiger partial charge in [-0.2, -0.15) is 0 Å². The zero-order valence-corrected chi connectivity index (χ0v) is 13.9. The molecule has 1 aromatic carbocycles. The average Bonchev–Trinajstić information content (AvgIpc) is 3.07. The normalized spacial score (nSPS) is 10.8. The molecule has 2 heterocycles. The summed E-state index contributed by atoms with van der Waals surface area (Å²) in [6.07, 6.45) is 0.945. The molecule has 0 atom stereocenters. The standard InChI is InChI=1S/C17H18N4O2S/c22-21(23)17-10-13(12-24-17)11-18-8-3-9-19-16-7-6-14-4-1-2-5-15(14)20-16/h1-2,4-7,10,12,18H,3,8-9,11H2,(H,19,20). The van der Waals surface area contributed by atoms with E-state index in [1.165, 1.54) is 0 Å². The van der Waals surface area contributed by atoms with E-state index >= 15 is 0 Å². The van der Waals surface area contributed by atoms with E-state index in [1.807, 2.05) is 35.7 Å². The van der Waals surface area contributed by atoms with Gasteiger partial charge in [-0.25, -0.2) is 4.98 Å². The van der Waals surface area contributed by atoms with Crippen molar-refractivity contribution in [2.45, 2.75) is 13.0 Å². The summed E-state index contributed by atoms with van der Waals surface area (Å²) in [5, 5.41) is 20.4. The number of anilines is 1. The van der Waals surface area contributed by atoms with Crippen LogP contribution in [0, 0.1) is 10.1 Å². The molecule has 0 amide bonds. The van der Waals surface area contributed by atoms with Crippen LogP contribution in [0.4, 0.5) is 10.8 Å². The Morgan fingerprint density at radius 3 is 2.88 bits per heavy atom. The second-order valence-corrected chi connectivity index (χ2v) is 6.29. The molecular weight excluding hydrogens is 324 g/mol. The van der Waals surface area contributed by atoms with Gasteiger partial charge in [0, 0.05) is 29.9 Å². The van der Waals surface area contributed by atoms with Crippen LogP contribution in [0.15, 0.2) is 47.8 Å². The maximum Gasteiger partial charge on any atom is 0.324 e. The molecule has 0 saturated heterocycles. The van der Waals surface area contributed by atoms with Gasteiger partial charge in [0.15, 0.2) is 0 Å². The largest absolute Gasteiger partial charge is 0.370 e. The fourth-order valence-corrected chi connectivity index (χ4v) is 3.11. The van der Waals surface area contributed by atoms with Crippen molar-refractivity contribution in [3.05, 3.63) is 63.5 Å². The van der Waals surface area contributed by atoms with Gasteiger partial charge in [-0.15, -0.1) is 0 Å². The lowest BCUT2D eigenvalue weighted by Crippen LogP contribution is -2.17. The quantitative estimate of drug-likeness (QED) is 0.370. The zero-order valence-electron chi connectivity index (χ0n) is 13.1. The van der Waals surface area contributed by atoms with Crippen LogP contribution in [-0.2, 0) is 6.54 Å². The molecule has 3 rings (SSSR count). The van der Waals surface area contributed by atoms with Crippen molar-refractivity contribution in [1.29, 1.82) is 0 Å². The zero-order chi connectivity index (χ0) is 16.8. The van der Waals surface area contributed by atoms with E-state index in [0.717, 1.165) is 53.1 Å². The first-order valence-electron chi connectivity index (χ1n) is 7.74. The molecular formula is C17H18N4O2S. The fourth-order valence-electron chi connectivity index (χ4n) is 2.38. The van der Waals surface area contributed by atoms with Crippen LogP contribution in [0.25, 0.3) is 10.9 Å². The molecule has 0 unspecified atom stereocenters. The maximum atomic E-state index is 10.6. The number of aromatic nitrogens is 1. The summed E-state index contributed by atoms with van der Waals surface area (Å²) in [6.45, 7) is 2.31. The van der Waals surface area contributed by atoms with Gasteiger partial charge < -0.3 is 10.6 Å². The third kappa shape index (κ3) is 4.27. The maximum absolute atomic E-state index is 10.6. The van der Waals surface area contributed by atoms with Gasteiger partial charge in [0.05, 0.1) is 10.4 Å². The molecule has 0 spiro atoms. The molecule has 0 saturated carbocycles. The minimum Gasteiger partial charge on any atom is -0.370 e. The molecule has 24 heavy (non-hydrogen) atoms. The van der Waals surface area contributed by atoms with E-state index in [1.54, 1.807) is 6.07 Å². The summed E-state index contributed by atoms with van der Waals surface area (Å²) >= 11 is 1.16. The van der Waals surface area contributed by atoms with E-state index in [2.05, 4.69) is 21.7 Å². The molecule has 0 bridgehead atoms. The summed E-state index contributed by atoms with van der Waals surface area (Å²) in [5.74, 6) is 0.877. The highest BCUT2D eigenvalue weighted by atomic mass is 32.1. The fraction of sp³-hybridized carbons (Fsp3) is 0.235. The first-order chi connectivity index (χ1) is 11.7. The molecule has 0 radical (unpaired) electrons. The van der Waals surface area contributed by atoms with Crippen LogP contribution < -0.4 is 10.6 Å². The van der Waals surface area contributed by atoms with E-state index in [0.29, 0.717) is 6.54 Å². The van der Waals surface area contributed by atoms with Crippen LogP contribution in [0.1, 0.15) is 12.0 Å². The smallest absolute Gasteiger partial charge is 0.324 e. The molecule has 2 N–H and O–H groups in total. The van der Waals surface area contributed by atoms with Crippen molar-refractivity contribution < 1.29 is 4.92 Å². The lowest BCUT2D eigenvalue weighted by atomic mass is 10.2. The molecule has 0 aliphatic carbocycles. The second kappa shape index (κ2) is 7.85. The summed E-state index contributed by atoms with van der Waals surface area (Å²) < 4.78 is 0. The Labute approximate surface area is 143 Å². The Morgan fingerprint density at radius 2 is 2.04 bits per heavy atom. The molecule has 7 heteroatoms. The van der Waals surface area contributed by atoms with Crippen LogP contribution in [0.3, 0.4) is 0 Å². The van der Waals surface area contributed by atoms with E-state index in [-0.39, 0.29) is 9.92 Å². The Morgan fingerprint density at radius 1 is 1.17 bits per heavy atom. The Balaban J connectivity index is 1.37. The number of nitrogens with zero attached hydrogens (tertiary/aromatic N) is 2. The number of hydrogen-bond donors (Lipinski definition) is 2. The highest BCUT2D eigenvalue weighted by Gasteiger charge is 2.08. The Bertz CT molecular complexity index is 834. The summed E-state index contributed by atoms with van der Waals surface area (Å²) in [4.78, 5) is 14.8. The van der Waals surface area contributed by atoms with Gasteiger partial charge in [0.2, 0.25) is 0 Å². The van der Waals surface area contributed by atoms with Crippen LogP contribution >= 0.6 is 11.3 Å². The van der Waals surface area contributed by atoms with Crippen molar-refractivity contribution in [2.75, 3.05) is 18.4 Å². The van der Waals surface area contributed by atoms with Gasteiger partial charge >= 0.3 is 5.00 Å². The van der Waals surface area contributed by atoms with Crippen molar-refractivity contribution >= 4 is 33.1 Å². The third-order valence-electron chi connectivity index (χ3n) is 3.58. The van der Waals surface area contributed by atoms with Crippen LogP contribution in [0.5, 0.6) is 0 Å². The molecule has 124 valence electrons. The number of benzene rings is 1. The molecule has 0 fully saturated rings. The van der Waals surface area contributed by atoms with Crippen LogP contribution in [-0.4, -0.2) is 23.0 Å². The predicted molar refractivity (Wildman–Crippen MR) is 97.5 cm³/mol. The summed E-state index contributed by atoms with van der Waals surface area (Å²) in [5.41, 5.74) is 1.94. The van der Waals surface area contributed by atoms with E-state index in [9.17, 15) is 10.1 Å². The van der Waals surface area contributed by atoms with Crippen molar-refractivity contribution in [2.24, 2.45) is 0 Å². The van der Waals surface area contributed by atoms with Crippen molar-refractivity contribution in [3.63, 3.8) is 0 Å². The number of rotatable bonds is 8. The molecule has 0 aliphatic rings. The lowest BCUT2D eigenvalue weighted by Gasteiger charge is -2.07. The average molecular weight is 342 g/mol. The van der Waals surface area contributed by atoms with Gasteiger partial charge in [-0.3, -0.25) is 10.1 Å². The summed E-state index contributed by atoms with van der Waals surface area (Å²) in [7, 11) is 0. The molecule has 6 nitrogen and oxygen atoms in total. The second-order valence-electron chi connectivity index (χ2n) is 5.40. The van der Waals surface area contributed by atoms with Crippen LogP contribution in [0.2, 0.25) is 0 Å². The minimum atomic E-state index is -0.353. The molecule has 3 aromatic rings. The monoisotopic (exact) mass is 342 g/mol. The highest BCUT2D eigenvalue weighted by Crippen LogP contribution is 2.22. The molecule has 0 aliphatic heterocycles. The number of fused-ring (bicyclic) bond motifs is 1. The highest BCUT2D eigenvalue weighted by molar-refractivity contribution is 7.13. The number of pyridine rings is 1. The first kappa shape index (κ1) is 16.4. The van der Waals surface area contributed by atoms with Crippen molar-refractivity contribution in [1.82, 2.24) is 10.3 Å². The SMILES string of the molecule is O=[N+]([O-])c1cc(CNCCCNc2ccc3ccccc3n2)cs1. The van der Waals surface area contributed by atoms with Gasteiger partial charge in [0.1, 0.15) is 5.82 Å². The molecule has 2 aromatic heterocycles. The topological polar surface area (TPSA) is 80.1 Å². The van der Waals surface area contributed by atoms with Gasteiger partial charge in [-0.05, 0) is 36.7 Å². The lowest BCUT2D eigenvalue weighted by molar-refractivity contribution is -0.380. The third-order valence-corrected chi connectivity index (χ3v) is 4.51. The van der Waals surface area contributed by atoms with Gasteiger partial charge in [-0.1, -0.05) is 29.5 Å². The Kier molecular flexibility index (Phi) is 5.35. The first-order valence-corrected chi connectivity index (χ1v) is 8.62. The Hall–Kier alpha value is -2.51. The number of nitro groups is 1. The van der Waals surface area contributed by atoms with E-state index < -0.39 is 0 Å².